The fourth-order valence-electron chi connectivity index (χ4n) is 5.87. The van der Waals surface area contributed by atoms with Crippen LogP contribution in [0.25, 0.3) is 0 Å². The maximum Gasteiger partial charge on any atom is 0.187 e. The van der Waals surface area contributed by atoms with Crippen LogP contribution in [0.2, 0.25) is 0 Å². The lowest BCUT2D eigenvalue weighted by atomic mass is 9.51. The number of likely N-dealkylation sites (tertiary alicyclic amines) is 1. The number of rotatable bonds is 1. The molecular formula is C18H21BBrNO3. The van der Waals surface area contributed by atoms with Crippen molar-refractivity contribution in [1.82, 2.24) is 4.90 Å². The second kappa shape index (κ2) is 4.79. The van der Waals surface area contributed by atoms with E-state index in [1.807, 2.05) is 0 Å². The zero-order valence-electron chi connectivity index (χ0n) is 14.3. The van der Waals surface area contributed by atoms with Gasteiger partial charge in [-0.25, -0.2) is 0 Å². The van der Waals surface area contributed by atoms with Crippen molar-refractivity contribution >= 4 is 35.0 Å². The van der Waals surface area contributed by atoms with Crippen molar-refractivity contribution in [3.63, 3.8) is 0 Å². The summed E-state index contributed by atoms with van der Waals surface area (Å²) in [5.74, 6) is 2.29. The Morgan fingerprint density at radius 1 is 1.50 bits per heavy atom. The molecule has 0 amide bonds. The average Bonchev–Trinajstić information content (AvgIpc) is 2.90. The summed E-state index contributed by atoms with van der Waals surface area (Å²) in [5.41, 5.74) is 3.80. The fraction of sp³-hybridized carbons (Fsp3) is 0.611. The van der Waals surface area contributed by atoms with Crippen LogP contribution >= 0.6 is 15.9 Å². The summed E-state index contributed by atoms with van der Waals surface area (Å²) in [6.45, 7) is 1.02. The van der Waals surface area contributed by atoms with Crippen LogP contribution in [0.4, 0.5) is 0 Å². The number of hydrogen-bond donors (Lipinski definition) is 0. The number of piperidine rings is 1. The molecule has 1 saturated carbocycles. The minimum atomic E-state index is -0.360. The standard InChI is InChI=1S/C18H21BBrNO3/c1-21-4-3-18-9-6-11(20)15(22)17(18)24-16-13(23-2)7-10(19)8(14(16)18)5-12(9)21/h7,9,11-12,17H,3-6,19H2,1-2H3/t9?,11?,12-,17?,18+/m0/s1. The highest BCUT2D eigenvalue weighted by Gasteiger charge is 2.67. The number of halogens is 1. The molecule has 2 bridgehead atoms. The first-order chi connectivity index (χ1) is 11.5. The lowest BCUT2D eigenvalue weighted by Crippen LogP contribution is -2.67. The second-order valence-electron chi connectivity index (χ2n) is 7.83. The number of carbonyl (C=O) groups is 1. The molecule has 1 aromatic rings. The third kappa shape index (κ3) is 1.58. The molecule has 2 heterocycles. The third-order valence-electron chi connectivity index (χ3n) is 6.98. The smallest absolute Gasteiger partial charge is 0.187 e. The van der Waals surface area contributed by atoms with E-state index in [0.717, 1.165) is 37.3 Å². The van der Waals surface area contributed by atoms with Gasteiger partial charge in [-0.05, 0) is 50.4 Å². The van der Waals surface area contributed by atoms with Crippen molar-refractivity contribution in [3.8, 4) is 11.5 Å². The molecule has 5 atom stereocenters. The topological polar surface area (TPSA) is 38.8 Å². The Morgan fingerprint density at radius 3 is 3.04 bits per heavy atom. The zero-order valence-corrected chi connectivity index (χ0v) is 15.9. The van der Waals surface area contributed by atoms with Gasteiger partial charge in [0.15, 0.2) is 23.4 Å². The number of nitrogens with zero attached hydrogens (tertiary/aromatic N) is 1. The first-order valence-electron chi connectivity index (χ1n) is 8.74. The monoisotopic (exact) mass is 389 g/mol. The van der Waals surface area contributed by atoms with Crippen molar-refractivity contribution in [1.29, 1.82) is 0 Å². The molecule has 4 nitrogen and oxygen atoms in total. The number of methoxy groups -OCH3 is 1. The highest BCUT2D eigenvalue weighted by molar-refractivity contribution is 9.10. The van der Waals surface area contributed by atoms with Crippen molar-refractivity contribution in [3.05, 3.63) is 17.2 Å². The van der Waals surface area contributed by atoms with Gasteiger partial charge in [0.25, 0.3) is 0 Å². The van der Waals surface area contributed by atoms with Crippen molar-refractivity contribution in [2.45, 2.75) is 41.7 Å². The third-order valence-corrected chi connectivity index (χ3v) is 7.80. The van der Waals surface area contributed by atoms with Crippen LogP contribution in [-0.4, -0.2) is 56.2 Å². The van der Waals surface area contributed by atoms with E-state index in [0.29, 0.717) is 12.0 Å². The number of carbonyl (C=O) groups excluding carboxylic acids is 1. The molecule has 6 heteroatoms. The summed E-state index contributed by atoms with van der Waals surface area (Å²) >= 11 is 3.63. The molecule has 3 unspecified atom stereocenters. The molecule has 126 valence electrons. The number of Topliss-reactive ketones (excluding diaryl/α,β-unsaturated/α-hetero) is 1. The second-order valence-corrected chi connectivity index (χ2v) is 8.94. The molecule has 0 aromatic heterocycles. The zero-order chi connectivity index (χ0) is 16.8. The first-order valence-corrected chi connectivity index (χ1v) is 9.66. The summed E-state index contributed by atoms with van der Waals surface area (Å²) in [6.07, 6.45) is 2.59. The predicted octanol–water partition coefficient (Wildman–Crippen LogP) is 0.565. The maximum atomic E-state index is 13.0. The molecule has 1 spiro atoms. The molecule has 0 radical (unpaired) electrons. The Hall–Kier alpha value is -1.01. The Kier molecular flexibility index (Phi) is 3.05. The molecule has 2 aliphatic carbocycles. The number of ether oxygens (including phenoxy) is 2. The lowest BCUT2D eigenvalue weighted by Gasteiger charge is -2.58. The molecule has 24 heavy (non-hydrogen) atoms. The van der Waals surface area contributed by atoms with E-state index < -0.39 is 0 Å². The van der Waals surface area contributed by atoms with Crippen LogP contribution in [0.3, 0.4) is 0 Å². The van der Waals surface area contributed by atoms with Gasteiger partial charge >= 0.3 is 0 Å². The molecule has 0 N–H and O–H groups in total. The molecule has 5 rings (SSSR count). The van der Waals surface area contributed by atoms with Crippen LogP contribution < -0.4 is 14.9 Å². The number of hydrogen-bond acceptors (Lipinski definition) is 4. The lowest BCUT2D eigenvalue weighted by molar-refractivity contribution is -0.137. The van der Waals surface area contributed by atoms with Gasteiger partial charge in [-0.3, -0.25) is 4.79 Å². The Morgan fingerprint density at radius 2 is 2.29 bits per heavy atom. The van der Waals surface area contributed by atoms with Gasteiger partial charge in [-0.1, -0.05) is 21.4 Å². The Balaban J connectivity index is 1.83. The minimum Gasteiger partial charge on any atom is -0.493 e. The van der Waals surface area contributed by atoms with Crippen LogP contribution in [-0.2, 0) is 16.6 Å². The average molecular weight is 390 g/mol. The van der Waals surface area contributed by atoms with E-state index in [2.05, 4.69) is 41.8 Å². The SMILES string of the molecule is Bc1cc(OC)c2c3c1C[C@H]1C4CC(Br)C(=O)C(O2)[C@@]34CCN1C. The summed E-state index contributed by atoms with van der Waals surface area (Å²) in [6, 6.07) is 2.57. The molecule has 1 aromatic carbocycles. The number of ketones is 1. The number of benzene rings is 1. The normalized spacial score (nSPS) is 39.4. The molecule has 2 aliphatic heterocycles. The van der Waals surface area contributed by atoms with Gasteiger partial charge in [-0.2, -0.15) is 0 Å². The van der Waals surface area contributed by atoms with Crippen molar-refractivity contribution in [2.24, 2.45) is 5.92 Å². The van der Waals surface area contributed by atoms with Crippen LogP contribution in [0.15, 0.2) is 6.07 Å². The molecule has 2 fully saturated rings. The van der Waals surface area contributed by atoms with Gasteiger partial charge in [0.05, 0.1) is 11.9 Å². The van der Waals surface area contributed by atoms with Gasteiger partial charge < -0.3 is 14.4 Å². The van der Waals surface area contributed by atoms with Crippen LogP contribution in [0.1, 0.15) is 24.0 Å². The first kappa shape index (κ1) is 15.3. The van der Waals surface area contributed by atoms with E-state index in [-0.39, 0.29) is 22.1 Å². The highest BCUT2D eigenvalue weighted by Crippen LogP contribution is 2.63. The van der Waals surface area contributed by atoms with Crippen molar-refractivity contribution < 1.29 is 14.3 Å². The maximum absolute atomic E-state index is 13.0. The Labute approximate surface area is 151 Å². The summed E-state index contributed by atoms with van der Waals surface area (Å²) in [4.78, 5) is 15.4. The number of likely N-dealkylation sites (N-methyl/N-ethyl adjacent to an activating group) is 1. The Bertz CT molecular complexity index is 769. The van der Waals surface area contributed by atoms with Crippen LogP contribution in [0, 0.1) is 5.92 Å². The van der Waals surface area contributed by atoms with E-state index in [4.69, 9.17) is 9.47 Å². The van der Waals surface area contributed by atoms with E-state index >= 15 is 0 Å². The molecule has 4 aliphatic rings. The fourth-order valence-corrected chi connectivity index (χ4v) is 6.52. The van der Waals surface area contributed by atoms with Gasteiger partial charge in [-0.15, -0.1) is 0 Å². The van der Waals surface area contributed by atoms with Gasteiger partial charge in [0.2, 0.25) is 0 Å². The predicted molar refractivity (Wildman–Crippen MR) is 97.8 cm³/mol. The summed E-state index contributed by atoms with van der Waals surface area (Å²) in [5, 5.41) is 0. The van der Waals surface area contributed by atoms with Gasteiger partial charge in [0, 0.05) is 17.0 Å². The largest absolute Gasteiger partial charge is 0.493 e. The highest BCUT2D eigenvalue weighted by atomic mass is 79.9. The molecule has 1 saturated heterocycles. The van der Waals surface area contributed by atoms with Crippen molar-refractivity contribution in [2.75, 3.05) is 20.7 Å². The van der Waals surface area contributed by atoms with Gasteiger partial charge in [0.1, 0.15) is 7.85 Å². The van der Waals surface area contributed by atoms with E-state index in [9.17, 15) is 4.79 Å². The van der Waals surface area contributed by atoms with E-state index in [1.54, 1.807) is 7.11 Å². The molecular weight excluding hydrogens is 369 g/mol. The minimum absolute atomic E-state index is 0.0995. The quantitative estimate of drug-likeness (QED) is 0.519. The summed E-state index contributed by atoms with van der Waals surface area (Å²) in [7, 11) is 6.08. The number of alkyl halides is 1. The summed E-state index contributed by atoms with van der Waals surface area (Å²) < 4.78 is 12.0. The van der Waals surface area contributed by atoms with Crippen LogP contribution in [0.5, 0.6) is 11.5 Å². The van der Waals surface area contributed by atoms with E-state index in [1.165, 1.54) is 16.6 Å².